The summed E-state index contributed by atoms with van der Waals surface area (Å²) in [5.41, 5.74) is 2.00. The maximum absolute atomic E-state index is 13.4. The summed E-state index contributed by atoms with van der Waals surface area (Å²) >= 11 is 1.41. The molecule has 8 nitrogen and oxygen atoms in total. The number of ether oxygens (including phenoxy) is 4. The quantitative estimate of drug-likeness (QED) is 0.604. The zero-order valence-electron chi connectivity index (χ0n) is 19.2. The van der Waals surface area contributed by atoms with E-state index in [1.54, 1.807) is 12.1 Å². The van der Waals surface area contributed by atoms with Gasteiger partial charge in [0.25, 0.3) is 11.8 Å². The van der Waals surface area contributed by atoms with Crippen LogP contribution in [0.4, 0.5) is 5.69 Å². The van der Waals surface area contributed by atoms with Gasteiger partial charge in [-0.2, -0.15) is 0 Å². The molecule has 0 radical (unpaired) electrons. The summed E-state index contributed by atoms with van der Waals surface area (Å²) < 4.78 is 21.8. The van der Waals surface area contributed by atoms with Gasteiger partial charge >= 0.3 is 0 Å². The predicted octanol–water partition coefficient (Wildman–Crippen LogP) is 3.81. The lowest BCUT2D eigenvalue weighted by atomic mass is 9.94. The second-order valence-corrected chi connectivity index (χ2v) is 9.23. The van der Waals surface area contributed by atoms with E-state index in [9.17, 15) is 9.59 Å². The average Bonchev–Trinajstić information content (AvgIpc) is 3.49. The van der Waals surface area contributed by atoms with Crippen molar-refractivity contribution in [3.8, 4) is 17.2 Å². The molecule has 1 aromatic carbocycles. The van der Waals surface area contributed by atoms with Gasteiger partial charge in [-0.1, -0.05) is 0 Å². The van der Waals surface area contributed by atoms with E-state index >= 15 is 0 Å². The van der Waals surface area contributed by atoms with Crippen LogP contribution in [0, 0.1) is 0 Å². The van der Waals surface area contributed by atoms with Crippen LogP contribution < -0.4 is 24.8 Å². The van der Waals surface area contributed by atoms with Crippen LogP contribution in [0.2, 0.25) is 0 Å². The highest BCUT2D eigenvalue weighted by molar-refractivity contribution is 7.14. The third kappa shape index (κ3) is 4.94. The monoisotopic (exact) mass is 474 g/mol. The Hall–Kier alpha value is -2.78. The second kappa shape index (κ2) is 10.4. The lowest BCUT2D eigenvalue weighted by molar-refractivity contribution is 0.0853. The van der Waals surface area contributed by atoms with Gasteiger partial charge in [0.05, 0.1) is 33.0 Å². The van der Waals surface area contributed by atoms with Gasteiger partial charge in [0.2, 0.25) is 5.75 Å². The van der Waals surface area contributed by atoms with E-state index in [4.69, 9.17) is 18.9 Å². The number of anilines is 1. The van der Waals surface area contributed by atoms with Crippen LogP contribution in [-0.2, 0) is 17.6 Å². The Kier molecular flexibility index (Phi) is 7.39. The molecule has 1 atom stereocenters. The Labute approximate surface area is 197 Å². The Bertz CT molecular complexity index is 1000. The fourth-order valence-corrected chi connectivity index (χ4v) is 5.69. The SMILES string of the molecule is COc1cc(NC(=O)c2sc3c(c2C(=O)NC[C@@H]2CCCO2)CCCC3)cc(OC)c1OC. The number of fused-ring (bicyclic) bond motifs is 1. The molecule has 2 heterocycles. The Morgan fingerprint density at radius 2 is 1.76 bits per heavy atom. The topological polar surface area (TPSA) is 95.1 Å². The Balaban J connectivity index is 1.61. The highest BCUT2D eigenvalue weighted by Crippen LogP contribution is 2.40. The molecule has 2 amide bonds. The molecule has 4 rings (SSSR count). The number of carbonyl (C=O) groups is 2. The van der Waals surface area contributed by atoms with Crippen molar-refractivity contribution in [2.24, 2.45) is 0 Å². The molecule has 2 N–H and O–H groups in total. The standard InChI is InChI=1S/C24H30N2O6S/c1-29-17-11-14(12-18(30-2)21(17)31-3)26-24(28)22-20(16-8-4-5-9-19(16)33-22)23(27)25-13-15-7-6-10-32-15/h11-12,15H,4-10,13H2,1-3H3,(H,25,27)(H,26,28)/t15-/m0/s1. The van der Waals surface area contributed by atoms with Crippen LogP contribution in [0.25, 0.3) is 0 Å². The van der Waals surface area contributed by atoms with E-state index < -0.39 is 0 Å². The first-order chi connectivity index (χ1) is 16.0. The molecule has 1 aromatic heterocycles. The number of amides is 2. The number of aryl methyl sites for hydroxylation is 1. The van der Waals surface area contributed by atoms with E-state index in [1.807, 2.05) is 0 Å². The van der Waals surface area contributed by atoms with Gasteiger partial charge in [-0.25, -0.2) is 0 Å². The molecule has 1 saturated heterocycles. The summed E-state index contributed by atoms with van der Waals surface area (Å²) in [4.78, 5) is 28.1. The molecule has 1 fully saturated rings. The number of thiophene rings is 1. The lowest BCUT2D eigenvalue weighted by Gasteiger charge is -2.16. The van der Waals surface area contributed by atoms with Crippen molar-refractivity contribution in [1.82, 2.24) is 5.32 Å². The van der Waals surface area contributed by atoms with E-state index in [0.717, 1.165) is 55.6 Å². The van der Waals surface area contributed by atoms with Gasteiger partial charge < -0.3 is 29.6 Å². The first-order valence-corrected chi connectivity index (χ1v) is 12.0. The molecule has 33 heavy (non-hydrogen) atoms. The minimum absolute atomic E-state index is 0.0416. The summed E-state index contributed by atoms with van der Waals surface area (Å²) in [6.45, 7) is 1.19. The maximum Gasteiger partial charge on any atom is 0.266 e. The number of carbonyl (C=O) groups excluding carboxylic acids is 2. The van der Waals surface area contributed by atoms with Gasteiger partial charge in [0.1, 0.15) is 4.88 Å². The molecule has 0 bridgehead atoms. The van der Waals surface area contributed by atoms with Gasteiger partial charge in [-0.15, -0.1) is 11.3 Å². The molecule has 0 saturated carbocycles. The normalized spacial score (nSPS) is 17.2. The molecular weight excluding hydrogens is 444 g/mol. The van der Waals surface area contributed by atoms with Crippen molar-refractivity contribution < 1.29 is 28.5 Å². The van der Waals surface area contributed by atoms with Crippen LogP contribution in [0.3, 0.4) is 0 Å². The number of rotatable bonds is 8. The van der Waals surface area contributed by atoms with Crippen LogP contribution in [0.15, 0.2) is 12.1 Å². The smallest absolute Gasteiger partial charge is 0.266 e. The summed E-state index contributed by atoms with van der Waals surface area (Å²) in [6, 6.07) is 3.34. The number of hydrogen-bond acceptors (Lipinski definition) is 7. The van der Waals surface area contributed by atoms with Crippen molar-refractivity contribution in [2.45, 2.75) is 44.6 Å². The zero-order chi connectivity index (χ0) is 23.4. The Morgan fingerprint density at radius 3 is 2.39 bits per heavy atom. The van der Waals surface area contributed by atoms with Crippen molar-refractivity contribution in [2.75, 3.05) is 39.8 Å². The molecule has 2 aromatic rings. The molecule has 178 valence electrons. The number of hydrogen-bond donors (Lipinski definition) is 2. The summed E-state index contributed by atoms with van der Waals surface area (Å²) in [5.74, 6) is 0.781. The van der Waals surface area contributed by atoms with Crippen molar-refractivity contribution in [3.63, 3.8) is 0 Å². The highest BCUT2D eigenvalue weighted by atomic mass is 32.1. The predicted molar refractivity (Wildman–Crippen MR) is 126 cm³/mol. The highest BCUT2D eigenvalue weighted by Gasteiger charge is 2.29. The minimum Gasteiger partial charge on any atom is -0.493 e. The van der Waals surface area contributed by atoms with Gasteiger partial charge in [0.15, 0.2) is 11.5 Å². The van der Waals surface area contributed by atoms with Crippen molar-refractivity contribution >= 4 is 28.8 Å². The van der Waals surface area contributed by atoms with Gasteiger partial charge in [0, 0.05) is 35.8 Å². The van der Waals surface area contributed by atoms with Gasteiger partial charge in [-0.3, -0.25) is 9.59 Å². The van der Waals surface area contributed by atoms with E-state index in [1.165, 1.54) is 32.7 Å². The first kappa shape index (κ1) is 23.4. The van der Waals surface area contributed by atoms with Crippen LogP contribution in [-0.4, -0.2) is 52.4 Å². The first-order valence-electron chi connectivity index (χ1n) is 11.2. The fraction of sp³-hybridized carbons (Fsp3) is 0.500. The molecule has 1 aliphatic carbocycles. The summed E-state index contributed by atoms with van der Waals surface area (Å²) in [6.07, 6.45) is 5.78. The van der Waals surface area contributed by atoms with Crippen LogP contribution in [0.1, 0.15) is 56.2 Å². The molecule has 2 aliphatic rings. The zero-order valence-corrected chi connectivity index (χ0v) is 20.1. The second-order valence-electron chi connectivity index (χ2n) is 8.13. The molecule has 9 heteroatoms. The third-order valence-corrected chi connectivity index (χ3v) is 7.33. The summed E-state index contributed by atoms with van der Waals surface area (Å²) in [7, 11) is 4.57. The Morgan fingerprint density at radius 1 is 1.03 bits per heavy atom. The third-order valence-electron chi connectivity index (χ3n) is 6.04. The minimum atomic E-state index is -0.328. The lowest BCUT2D eigenvalue weighted by Crippen LogP contribution is -2.33. The largest absolute Gasteiger partial charge is 0.493 e. The van der Waals surface area contributed by atoms with Crippen molar-refractivity contribution in [1.29, 1.82) is 0 Å². The number of methoxy groups -OCH3 is 3. The number of benzene rings is 1. The van der Waals surface area contributed by atoms with E-state index in [0.29, 0.717) is 39.9 Å². The van der Waals surface area contributed by atoms with Crippen LogP contribution >= 0.6 is 11.3 Å². The molecule has 1 aliphatic heterocycles. The van der Waals surface area contributed by atoms with Crippen molar-refractivity contribution in [3.05, 3.63) is 33.0 Å². The maximum atomic E-state index is 13.4. The average molecular weight is 475 g/mol. The van der Waals surface area contributed by atoms with E-state index in [-0.39, 0.29) is 17.9 Å². The van der Waals surface area contributed by atoms with E-state index in [2.05, 4.69) is 10.6 Å². The van der Waals surface area contributed by atoms with Gasteiger partial charge in [-0.05, 0) is 44.1 Å². The molecule has 0 spiro atoms. The molecular formula is C24H30N2O6S. The fourth-order valence-electron chi connectivity index (χ4n) is 4.41. The number of nitrogens with one attached hydrogen (secondary N) is 2. The van der Waals surface area contributed by atoms with Crippen LogP contribution in [0.5, 0.6) is 17.2 Å². The molecule has 0 unspecified atom stereocenters. The summed E-state index contributed by atoms with van der Waals surface area (Å²) in [5, 5.41) is 5.91.